The van der Waals surface area contributed by atoms with Crippen molar-refractivity contribution in [1.29, 1.82) is 0 Å². The van der Waals surface area contributed by atoms with Gasteiger partial charge in [-0.15, -0.1) is 10.2 Å². The second-order valence-corrected chi connectivity index (χ2v) is 3.06. The summed E-state index contributed by atoms with van der Waals surface area (Å²) in [5.74, 6) is 1.44. The van der Waals surface area contributed by atoms with Gasteiger partial charge in [0.15, 0.2) is 5.82 Å². The summed E-state index contributed by atoms with van der Waals surface area (Å²) in [6.07, 6.45) is 0. The third kappa shape index (κ3) is 1.69. The summed E-state index contributed by atoms with van der Waals surface area (Å²) < 4.78 is 1.90. The van der Waals surface area contributed by atoms with Gasteiger partial charge < -0.3 is 11.1 Å². The Balaban J connectivity index is 2.55. The summed E-state index contributed by atoms with van der Waals surface area (Å²) in [5, 5.41) is 11.0. The number of benzene rings is 1. The average Bonchev–Trinajstić information content (AvgIpc) is 2.72. The monoisotopic (exact) mass is 203 g/mol. The number of hydrogen-bond acceptors (Lipinski definition) is 4. The van der Waals surface area contributed by atoms with E-state index in [-0.39, 0.29) is 0 Å². The van der Waals surface area contributed by atoms with Gasteiger partial charge in [-0.1, -0.05) is 18.2 Å². The number of para-hydroxylation sites is 1. The lowest BCUT2D eigenvalue weighted by molar-refractivity contribution is 0.861. The number of nitrogens with one attached hydrogen (secondary N) is 1. The van der Waals surface area contributed by atoms with Crippen molar-refractivity contribution in [2.75, 3.05) is 12.4 Å². The molecule has 0 radical (unpaired) electrons. The van der Waals surface area contributed by atoms with Crippen LogP contribution < -0.4 is 11.1 Å². The van der Waals surface area contributed by atoms with Crippen LogP contribution in [0.3, 0.4) is 0 Å². The molecule has 15 heavy (non-hydrogen) atoms. The lowest BCUT2D eigenvalue weighted by Crippen LogP contribution is -2.08. The zero-order chi connectivity index (χ0) is 10.7. The number of rotatable bonds is 3. The summed E-state index contributed by atoms with van der Waals surface area (Å²) in [6.45, 7) is 0.365. The molecular weight excluding hydrogens is 190 g/mol. The highest BCUT2D eigenvalue weighted by Crippen LogP contribution is 2.15. The molecule has 1 heterocycles. The van der Waals surface area contributed by atoms with E-state index < -0.39 is 0 Å². The first kappa shape index (κ1) is 9.67. The van der Waals surface area contributed by atoms with Crippen LogP contribution in [0.1, 0.15) is 5.82 Å². The van der Waals surface area contributed by atoms with Crippen molar-refractivity contribution in [2.24, 2.45) is 5.73 Å². The highest BCUT2D eigenvalue weighted by molar-refractivity contribution is 5.41. The molecule has 0 unspecified atom stereocenters. The number of nitrogens with zero attached hydrogens (tertiary/aromatic N) is 3. The van der Waals surface area contributed by atoms with Crippen LogP contribution in [0.25, 0.3) is 5.69 Å². The van der Waals surface area contributed by atoms with Gasteiger partial charge in [-0.05, 0) is 12.1 Å². The van der Waals surface area contributed by atoms with E-state index in [9.17, 15) is 0 Å². The molecule has 1 aromatic heterocycles. The Labute approximate surface area is 87.9 Å². The van der Waals surface area contributed by atoms with Crippen LogP contribution in [0.2, 0.25) is 0 Å². The zero-order valence-electron chi connectivity index (χ0n) is 8.51. The van der Waals surface area contributed by atoms with E-state index in [1.54, 1.807) is 0 Å². The summed E-state index contributed by atoms with van der Waals surface area (Å²) in [7, 11) is 1.81. The Hall–Kier alpha value is -1.88. The minimum Gasteiger partial charge on any atom is -0.357 e. The molecule has 0 fully saturated rings. The molecule has 0 atom stereocenters. The van der Waals surface area contributed by atoms with Gasteiger partial charge in [0.2, 0.25) is 5.95 Å². The second kappa shape index (κ2) is 4.10. The van der Waals surface area contributed by atoms with Crippen molar-refractivity contribution in [3.05, 3.63) is 36.2 Å². The Morgan fingerprint density at radius 3 is 2.60 bits per heavy atom. The van der Waals surface area contributed by atoms with Crippen molar-refractivity contribution in [3.63, 3.8) is 0 Å². The van der Waals surface area contributed by atoms with Crippen molar-refractivity contribution < 1.29 is 0 Å². The van der Waals surface area contributed by atoms with Crippen LogP contribution in [0.4, 0.5) is 5.95 Å². The van der Waals surface area contributed by atoms with Crippen LogP contribution in [-0.2, 0) is 6.54 Å². The van der Waals surface area contributed by atoms with Gasteiger partial charge in [-0.2, -0.15) is 0 Å². The second-order valence-electron chi connectivity index (χ2n) is 3.06. The third-order valence-corrected chi connectivity index (χ3v) is 2.15. The third-order valence-electron chi connectivity index (χ3n) is 2.15. The topological polar surface area (TPSA) is 68.8 Å². The summed E-state index contributed by atoms with van der Waals surface area (Å²) >= 11 is 0. The normalized spacial score (nSPS) is 10.3. The molecule has 2 rings (SSSR count). The molecular formula is C10H13N5. The minimum absolute atomic E-state index is 0.365. The van der Waals surface area contributed by atoms with Gasteiger partial charge in [0.25, 0.3) is 0 Å². The Morgan fingerprint density at radius 2 is 2.00 bits per heavy atom. The smallest absolute Gasteiger partial charge is 0.229 e. The molecule has 5 nitrogen and oxygen atoms in total. The molecule has 0 saturated heterocycles. The number of anilines is 1. The first-order chi connectivity index (χ1) is 7.36. The number of nitrogens with two attached hydrogens (primary N) is 1. The fourth-order valence-electron chi connectivity index (χ4n) is 1.46. The van der Waals surface area contributed by atoms with Crippen molar-refractivity contribution in [2.45, 2.75) is 6.54 Å². The predicted octanol–water partition coefficient (Wildman–Crippen LogP) is 0.768. The first-order valence-electron chi connectivity index (χ1n) is 4.74. The SMILES string of the molecule is CNc1nnc(CN)n1-c1ccccc1. The highest BCUT2D eigenvalue weighted by Gasteiger charge is 2.10. The zero-order valence-corrected chi connectivity index (χ0v) is 8.51. The molecule has 0 aliphatic rings. The Bertz CT molecular complexity index is 413. The standard InChI is InChI=1S/C10H13N5/c1-12-10-14-13-9(7-11)15(10)8-5-3-2-4-6-8/h2-6H,7,11H2,1H3,(H,12,14). The predicted molar refractivity (Wildman–Crippen MR) is 58.8 cm³/mol. The van der Waals surface area contributed by atoms with E-state index >= 15 is 0 Å². The van der Waals surface area contributed by atoms with Crippen LogP contribution in [-0.4, -0.2) is 21.8 Å². The minimum atomic E-state index is 0.365. The molecule has 1 aromatic carbocycles. The Morgan fingerprint density at radius 1 is 1.27 bits per heavy atom. The van der Waals surface area contributed by atoms with E-state index in [4.69, 9.17) is 5.73 Å². The summed E-state index contributed by atoms with van der Waals surface area (Å²) in [4.78, 5) is 0. The molecule has 78 valence electrons. The first-order valence-corrected chi connectivity index (χ1v) is 4.74. The maximum absolute atomic E-state index is 5.60. The maximum atomic E-state index is 5.60. The highest BCUT2D eigenvalue weighted by atomic mass is 15.3. The molecule has 0 spiro atoms. The largest absolute Gasteiger partial charge is 0.357 e. The van der Waals surface area contributed by atoms with E-state index in [0.717, 1.165) is 11.5 Å². The van der Waals surface area contributed by atoms with Gasteiger partial charge >= 0.3 is 0 Å². The number of hydrogen-bond donors (Lipinski definition) is 2. The Kier molecular flexibility index (Phi) is 2.64. The molecule has 5 heteroatoms. The molecule has 3 N–H and O–H groups in total. The van der Waals surface area contributed by atoms with Crippen molar-refractivity contribution in [1.82, 2.24) is 14.8 Å². The van der Waals surface area contributed by atoms with Crippen LogP contribution in [0.5, 0.6) is 0 Å². The van der Waals surface area contributed by atoms with Gasteiger partial charge in [-0.3, -0.25) is 4.57 Å². The van der Waals surface area contributed by atoms with Gasteiger partial charge in [-0.25, -0.2) is 0 Å². The molecule has 0 aliphatic carbocycles. The lowest BCUT2D eigenvalue weighted by atomic mass is 10.3. The van der Waals surface area contributed by atoms with E-state index in [1.165, 1.54) is 0 Å². The van der Waals surface area contributed by atoms with Gasteiger partial charge in [0.1, 0.15) is 0 Å². The maximum Gasteiger partial charge on any atom is 0.229 e. The van der Waals surface area contributed by atoms with E-state index in [1.807, 2.05) is 41.9 Å². The molecule has 0 amide bonds. The van der Waals surface area contributed by atoms with Gasteiger partial charge in [0.05, 0.1) is 12.2 Å². The van der Waals surface area contributed by atoms with E-state index in [0.29, 0.717) is 12.5 Å². The molecule has 0 bridgehead atoms. The van der Waals surface area contributed by atoms with Crippen LogP contribution >= 0.6 is 0 Å². The fourth-order valence-corrected chi connectivity index (χ4v) is 1.46. The molecule has 2 aromatic rings. The summed E-state index contributed by atoms with van der Waals surface area (Å²) in [5.41, 5.74) is 6.61. The fraction of sp³-hybridized carbons (Fsp3) is 0.200. The van der Waals surface area contributed by atoms with Gasteiger partial charge in [0, 0.05) is 7.05 Å². The van der Waals surface area contributed by atoms with Crippen molar-refractivity contribution >= 4 is 5.95 Å². The summed E-state index contributed by atoms with van der Waals surface area (Å²) in [6, 6.07) is 9.88. The average molecular weight is 203 g/mol. The lowest BCUT2D eigenvalue weighted by Gasteiger charge is -2.08. The van der Waals surface area contributed by atoms with Crippen LogP contribution in [0.15, 0.2) is 30.3 Å². The molecule has 0 saturated carbocycles. The van der Waals surface area contributed by atoms with E-state index in [2.05, 4.69) is 15.5 Å². The molecule has 0 aliphatic heterocycles. The van der Waals surface area contributed by atoms with Crippen LogP contribution in [0, 0.1) is 0 Å². The van der Waals surface area contributed by atoms with Crippen molar-refractivity contribution in [3.8, 4) is 5.69 Å². The number of aromatic nitrogens is 3. The quantitative estimate of drug-likeness (QED) is 0.773.